The zero-order valence-electron chi connectivity index (χ0n) is 16.0. The number of rotatable bonds is 2. The van der Waals surface area contributed by atoms with E-state index < -0.39 is 9.84 Å². The molecule has 0 spiro atoms. The second kappa shape index (κ2) is 6.73. The summed E-state index contributed by atoms with van der Waals surface area (Å²) in [7, 11) is -1.47. The van der Waals surface area contributed by atoms with Crippen LogP contribution in [0.25, 0.3) is 10.2 Å². The zero-order valence-corrected chi connectivity index (χ0v) is 17.6. The number of thiazole rings is 1. The summed E-state index contributed by atoms with van der Waals surface area (Å²) in [4.78, 5) is 17.6. The van der Waals surface area contributed by atoms with Crippen molar-refractivity contribution >= 4 is 37.3 Å². The Labute approximate surface area is 162 Å². The molecule has 0 aliphatic rings. The minimum absolute atomic E-state index is 0.0218. The van der Waals surface area contributed by atoms with E-state index >= 15 is 0 Å². The van der Waals surface area contributed by atoms with Crippen molar-refractivity contribution < 1.29 is 13.2 Å². The van der Waals surface area contributed by atoms with Gasteiger partial charge in [-0.15, -0.1) is 0 Å². The van der Waals surface area contributed by atoms with Gasteiger partial charge in [0.1, 0.15) is 0 Å². The number of sulfone groups is 1. The summed E-state index contributed by atoms with van der Waals surface area (Å²) in [6.07, 6.45) is 1.18. The molecule has 3 aromatic rings. The van der Waals surface area contributed by atoms with Gasteiger partial charge in [-0.3, -0.25) is 4.79 Å². The Morgan fingerprint density at radius 2 is 1.70 bits per heavy atom. The highest BCUT2D eigenvalue weighted by Crippen LogP contribution is 2.23. The Balaban J connectivity index is 2.02. The highest BCUT2D eigenvalue weighted by atomic mass is 32.2. The molecule has 5 nitrogen and oxygen atoms in total. The molecular weight excluding hydrogens is 380 g/mol. The van der Waals surface area contributed by atoms with Crippen LogP contribution in [0.3, 0.4) is 0 Å². The Kier molecular flexibility index (Phi) is 4.86. The average molecular weight is 403 g/mol. The Bertz CT molecular complexity index is 1190. The number of nitrogens with zero attached hydrogens (tertiary/aromatic N) is 2. The molecule has 142 valence electrons. The van der Waals surface area contributed by atoms with Gasteiger partial charge in [0.2, 0.25) is 0 Å². The van der Waals surface area contributed by atoms with E-state index in [1.165, 1.54) is 17.6 Å². The van der Waals surface area contributed by atoms with Crippen LogP contribution in [0.4, 0.5) is 0 Å². The number of aryl methyl sites for hydroxylation is 1. The zero-order chi connectivity index (χ0) is 20.0. The second-order valence-electron chi connectivity index (χ2n) is 7.59. The number of hydrogen-bond donors (Lipinski definition) is 0. The van der Waals surface area contributed by atoms with Crippen LogP contribution in [0, 0.1) is 0 Å². The van der Waals surface area contributed by atoms with Crippen molar-refractivity contribution in [2.45, 2.75) is 31.1 Å². The largest absolute Gasteiger partial charge is 0.319 e. The van der Waals surface area contributed by atoms with Gasteiger partial charge in [-0.2, -0.15) is 4.99 Å². The molecule has 0 N–H and O–H groups in total. The first-order valence-electron chi connectivity index (χ1n) is 8.46. The fourth-order valence-electron chi connectivity index (χ4n) is 2.72. The predicted octanol–water partition coefficient (Wildman–Crippen LogP) is 3.68. The van der Waals surface area contributed by atoms with Crippen LogP contribution in [0.2, 0.25) is 0 Å². The van der Waals surface area contributed by atoms with E-state index in [4.69, 9.17) is 0 Å². The summed E-state index contributed by atoms with van der Waals surface area (Å²) < 4.78 is 26.1. The molecule has 1 aromatic heterocycles. The van der Waals surface area contributed by atoms with Crippen LogP contribution in [0.1, 0.15) is 36.7 Å². The molecule has 0 aliphatic carbocycles. The number of benzene rings is 2. The number of carbonyl (C=O) groups is 1. The van der Waals surface area contributed by atoms with Crippen LogP contribution in [0.15, 0.2) is 52.4 Å². The number of carbonyl (C=O) groups excluding carboxylic acids is 1. The van der Waals surface area contributed by atoms with Crippen molar-refractivity contribution in [3.05, 3.63) is 58.4 Å². The van der Waals surface area contributed by atoms with E-state index in [9.17, 15) is 13.2 Å². The minimum atomic E-state index is -3.28. The fourth-order valence-corrected chi connectivity index (χ4v) is 4.49. The molecule has 0 atom stereocenters. The van der Waals surface area contributed by atoms with Gasteiger partial charge in [-0.25, -0.2) is 8.42 Å². The summed E-state index contributed by atoms with van der Waals surface area (Å²) in [6.45, 7) is 6.36. The Morgan fingerprint density at radius 1 is 1.07 bits per heavy atom. The highest BCUT2D eigenvalue weighted by Gasteiger charge is 2.15. The first-order valence-corrected chi connectivity index (χ1v) is 11.2. The average Bonchev–Trinajstić information content (AvgIpc) is 2.89. The molecule has 0 saturated carbocycles. The molecule has 0 aliphatic heterocycles. The lowest BCUT2D eigenvalue weighted by Crippen LogP contribution is -2.14. The lowest BCUT2D eigenvalue weighted by atomic mass is 9.87. The minimum Gasteiger partial charge on any atom is -0.319 e. The van der Waals surface area contributed by atoms with Gasteiger partial charge in [0.15, 0.2) is 14.6 Å². The summed E-state index contributed by atoms with van der Waals surface area (Å²) in [5.41, 5.74) is 2.53. The van der Waals surface area contributed by atoms with Gasteiger partial charge >= 0.3 is 0 Å². The fraction of sp³-hybridized carbons (Fsp3) is 0.300. The van der Waals surface area contributed by atoms with E-state index in [1.54, 1.807) is 34.9 Å². The normalized spacial score (nSPS) is 13.3. The smallest absolute Gasteiger partial charge is 0.279 e. The molecule has 1 heterocycles. The topological polar surface area (TPSA) is 68.5 Å². The summed E-state index contributed by atoms with van der Waals surface area (Å²) in [5.74, 6) is -0.319. The van der Waals surface area contributed by atoms with Gasteiger partial charge in [-0.1, -0.05) is 44.2 Å². The van der Waals surface area contributed by atoms with Crippen molar-refractivity contribution in [2.75, 3.05) is 6.26 Å². The van der Waals surface area contributed by atoms with Crippen LogP contribution < -0.4 is 4.80 Å². The third-order valence-electron chi connectivity index (χ3n) is 4.40. The molecule has 0 bridgehead atoms. The van der Waals surface area contributed by atoms with E-state index in [0.29, 0.717) is 10.4 Å². The van der Waals surface area contributed by atoms with Crippen LogP contribution in [-0.2, 0) is 22.3 Å². The monoisotopic (exact) mass is 402 g/mol. The van der Waals surface area contributed by atoms with Crippen LogP contribution >= 0.6 is 11.3 Å². The third kappa shape index (κ3) is 4.04. The lowest BCUT2D eigenvalue weighted by Gasteiger charge is -2.18. The van der Waals surface area contributed by atoms with E-state index in [0.717, 1.165) is 15.8 Å². The van der Waals surface area contributed by atoms with Gasteiger partial charge < -0.3 is 4.57 Å². The lowest BCUT2D eigenvalue weighted by molar-refractivity contribution is 0.0998. The van der Waals surface area contributed by atoms with Gasteiger partial charge in [0, 0.05) is 18.9 Å². The first-order chi connectivity index (χ1) is 12.5. The van der Waals surface area contributed by atoms with Crippen LogP contribution in [-0.4, -0.2) is 25.1 Å². The summed E-state index contributed by atoms with van der Waals surface area (Å²) >= 11 is 1.30. The maximum atomic E-state index is 12.6. The van der Waals surface area contributed by atoms with Crippen molar-refractivity contribution in [2.24, 2.45) is 12.0 Å². The molecule has 7 heteroatoms. The second-order valence-corrected chi connectivity index (χ2v) is 10.6. The highest BCUT2D eigenvalue weighted by molar-refractivity contribution is 7.90. The standard InChI is InChI=1S/C20H22N2O3S2/c1-20(2,3)14-8-6-13(7-9-14)18(23)21-19-22(4)16-11-10-15(27(5,24)25)12-17(16)26-19/h6-12H,1-5H3. The van der Waals surface area contributed by atoms with Gasteiger partial charge in [0.05, 0.1) is 15.1 Å². The quantitative estimate of drug-likeness (QED) is 0.657. The maximum Gasteiger partial charge on any atom is 0.279 e. The number of hydrogen-bond acceptors (Lipinski definition) is 4. The molecular formula is C20H22N2O3S2. The van der Waals surface area contributed by atoms with E-state index in [1.807, 2.05) is 19.2 Å². The SMILES string of the molecule is Cn1c(=NC(=O)c2ccc(C(C)(C)C)cc2)sc2cc(S(C)(=O)=O)ccc21. The van der Waals surface area contributed by atoms with Gasteiger partial charge in [-0.05, 0) is 41.3 Å². The third-order valence-corrected chi connectivity index (χ3v) is 6.61. The van der Waals surface area contributed by atoms with Crippen LogP contribution in [0.5, 0.6) is 0 Å². The van der Waals surface area contributed by atoms with Crippen molar-refractivity contribution in [3.8, 4) is 0 Å². The molecule has 3 rings (SSSR count). The number of amides is 1. The molecule has 0 saturated heterocycles. The Morgan fingerprint density at radius 3 is 2.26 bits per heavy atom. The van der Waals surface area contributed by atoms with E-state index in [-0.39, 0.29) is 16.2 Å². The van der Waals surface area contributed by atoms with Crippen molar-refractivity contribution in [1.82, 2.24) is 4.57 Å². The first kappa shape index (κ1) is 19.5. The molecule has 0 fully saturated rings. The summed E-state index contributed by atoms with van der Waals surface area (Å²) in [6, 6.07) is 12.4. The van der Waals surface area contributed by atoms with Gasteiger partial charge in [0.25, 0.3) is 5.91 Å². The molecule has 27 heavy (non-hydrogen) atoms. The maximum absolute atomic E-state index is 12.6. The molecule has 0 radical (unpaired) electrons. The molecule has 0 unspecified atom stereocenters. The molecule has 1 amide bonds. The Hall–Kier alpha value is -2.25. The summed E-state index contributed by atoms with van der Waals surface area (Å²) in [5, 5.41) is 0. The molecule has 2 aromatic carbocycles. The number of aromatic nitrogens is 1. The number of fused-ring (bicyclic) bond motifs is 1. The predicted molar refractivity (Wildman–Crippen MR) is 109 cm³/mol. The van der Waals surface area contributed by atoms with Crippen molar-refractivity contribution in [1.29, 1.82) is 0 Å². The van der Waals surface area contributed by atoms with E-state index in [2.05, 4.69) is 25.8 Å². The van der Waals surface area contributed by atoms with Crippen molar-refractivity contribution in [3.63, 3.8) is 0 Å².